The van der Waals surface area contributed by atoms with Crippen LogP contribution in [0.25, 0.3) is 0 Å². The number of amides is 1. The molecular weight excluding hydrogens is 242 g/mol. The molecular formula is C14H21N3O2. The number of nitrogens with one attached hydrogen (secondary N) is 1. The molecule has 0 radical (unpaired) electrons. The number of carbonyl (C=O) groups excluding carboxylic acids is 1. The number of rotatable bonds is 1. The summed E-state index contributed by atoms with van der Waals surface area (Å²) in [4.78, 5) is 30.8. The zero-order valence-electron chi connectivity index (χ0n) is 11.8. The Morgan fingerprint density at radius 2 is 1.84 bits per heavy atom. The average Bonchev–Trinajstić information content (AvgIpc) is 2.38. The van der Waals surface area contributed by atoms with E-state index in [4.69, 9.17) is 0 Å². The number of pyridine rings is 1. The van der Waals surface area contributed by atoms with Gasteiger partial charge in [0.1, 0.15) is 5.56 Å². The number of hydrogen-bond acceptors (Lipinski definition) is 3. The summed E-state index contributed by atoms with van der Waals surface area (Å²) in [6, 6.07) is 1.39. The summed E-state index contributed by atoms with van der Waals surface area (Å²) in [5.74, 6) is -0.171. The molecule has 1 aromatic rings. The van der Waals surface area contributed by atoms with Crippen LogP contribution in [0, 0.1) is 0 Å². The van der Waals surface area contributed by atoms with Crippen molar-refractivity contribution in [2.75, 3.05) is 26.2 Å². The molecule has 0 saturated carbocycles. The minimum atomic E-state index is -0.220. The first kappa shape index (κ1) is 13.8. The van der Waals surface area contributed by atoms with Crippen LogP contribution in [0.3, 0.4) is 0 Å². The van der Waals surface area contributed by atoms with Gasteiger partial charge in [-0.2, -0.15) is 0 Å². The third-order valence-electron chi connectivity index (χ3n) is 3.57. The molecule has 5 heteroatoms. The van der Waals surface area contributed by atoms with E-state index in [1.165, 1.54) is 18.5 Å². The zero-order valence-corrected chi connectivity index (χ0v) is 11.8. The molecule has 1 amide bonds. The molecule has 0 unspecified atom stereocenters. The van der Waals surface area contributed by atoms with Crippen LogP contribution in [-0.4, -0.2) is 52.4 Å². The van der Waals surface area contributed by atoms with Gasteiger partial charge in [-0.05, 0) is 20.8 Å². The lowest BCUT2D eigenvalue weighted by atomic mass is 10.0. The minimum absolute atomic E-state index is 0.124. The summed E-state index contributed by atoms with van der Waals surface area (Å²) in [7, 11) is 0. The third kappa shape index (κ3) is 3.04. The lowest BCUT2D eigenvalue weighted by Gasteiger charge is -2.42. The summed E-state index contributed by atoms with van der Waals surface area (Å²) in [6.07, 6.45) is 3.03. The van der Waals surface area contributed by atoms with Crippen molar-refractivity contribution in [1.29, 1.82) is 0 Å². The lowest BCUT2D eigenvalue weighted by Crippen LogP contribution is -2.55. The largest absolute Gasteiger partial charge is 0.367 e. The molecule has 0 aromatic carbocycles. The highest BCUT2D eigenvalue weighted by Crippen LogP contribution is 2.16. The van der Waals surface area contributed by atoms with Crippen LogP contribution in [0.2, 0.25) is 0 Å². The van der Waals surface area contributed by atoms with Crippen molar-refractivity contribution in [2.45, 2.75) is 26.3 Å². The number of H-pyrrole nitrogens is 1. The van der Waals surface area contributed by atoms with Crippen molar-refractivity contribution in [3.63, 3.8) is 0 Å². The van der Waals surface area contributed by atoms with Gasteiger partial charge in [0.05, 0.1) is 0 Å². The molecule has 1 N–H and O–H groups in total. The lowest BCUT2D eigenvalue weighted by molar-refractivity contribution is 0.0450. The van der Waals surface area contributed by atoms with Gasteiger partial charge in [-0.1, -0.05) is 0 Å². The van der Waals surface area contributed by atoms with E-state index < -0.39 is 0 Å². The zero-order chi connectivity index (χ0) is 14.0. The summed E-state index contributed by atoms with van der Waals surface area (Å²) < 4.78 is 0. The molecule has 1 aliphatic rings. The second kappa shape index (κ2) is 5.17. The fourth-order valence-electron chi connectivity index (χ4n) is 2.33. The highest BCUT2D eigenvalue weighted by Gasteiger charge is 2.28. The highest BCUT2D eigenvalue weighted by atomic mass is 16.2. The quantitative estimate of drug-likeness (QED) is 0.820. The monoisotopic (exact) mass is 263 g/mol. The van der Waals surface area contributed by atoms with Crippen molar-refractivity contribution < 1.29 is 4.79 Å². The maximum Gasteiger partial charge on any atom is 0.259 e. The standard InChI is InChI=1S/C14H21N3O2/c1-14(2,3)17-8-6-16(7-9-17)13(19)11-10-15-5-4-12(11)18/h4-5,10H,6-9H2,1-3H3,(H,15,18). The van der Waals surface area contributed by atoms with Crippen LogP contribution >= 0.6 is 0 Å². The van der Waals surface area contributed by atoms with E-state index in [2.05, 4.69) is 30.7 Å². The van der Waals surface area contributed by atoms with E-state index in [1.54, 1.807) is 4.90 Å². The molecule has 1 saturated heterocycles. The van der Waals surface area contributed by atoms with Gasteiger partial charge in [0.15, 0.2) is 5.43 Å². The first-order chi connectivity index (χ1) is 8.89. The van der Waals surface area contributed by atoms with E-state index in [0.29, 0.717) is 13.1 Å². The molecule has 1 aromatic heterocycles. The number of hydrogen-bond donors (Lipinski definition) is 1. The first-order valence-electron chi connectivity index (χ1n) is 6.61. The van der Waals surface area contributed by atoms with Crippen LogP contribution in [0.4, 0.5) is 0 Å². The van der Waals surface area contributed by atoms with Gasteiger partial charge in [-0.25, -0.2) is 0 Å². The Bertz CT molecular complexity index is 508. The van der Waals surface area contributed by atoms with Gasteiger partial charge in [0.25, 0.3) is 5.91 Å². The number of aromatic nitrogens is 1. The number of aromatic amines is 1. The summed E-state index contributed by atoms with van der Waals surface area (Å²) in [6.45, 7) is 9.56. The van der Waals surface area contributed by atoms with E-state index in [0.717, 1.165) is 13.1 Å². The molecule has 0 bridgehead atoms. The van der Waals surface area contributed by atoms with Crippen LogP contribution in [0.15, 0.2) is 23.3 Å². The van der Waals surface area contributed by atoms with Crippen LogP contribution in [0.5, 0.6) is 0 Å². The Balaban J connectivity index is 2.05. The predicted octanol–water partition coefficient (Wildman–Crippen LogP) is 0.931. The number of nitrogens with zero attached hydrogens (tertiary/aromatic N) is 2. The SMILES string of the molecule is CC(C)(C)N1CCN(C(=O)c2c[nH]ccc2=O)CC1. The Hall–Kier alpha value is -1.62. The fourth-order valence-corrected chi connectivity index (χ4v) is 2.33. The molecule has 19 heavy (non-hydrogen) atoms. The molecule has 104 valence electrons. The maximum absolute atomic E-state index is 12.3. The second-order valence-electron chi connectivity index (χ2n) is 5.87. The van der Waals surface area contributed by atoms with Gasteiger partial charge >= 0.3 is 0 Å². The van der Waals surface area contributed by atoms with E-state index in [1.807, 2.05) is 0 Å². The molecule has 2 rings (SSSR count). The Morgan fingerprint density at radius 3 is 2.37 bits per heavy atom. The van der Waals surface area contributed by atoms with Gasteiger partial charge in [0.2, 0.25) is 0 Å². The maximum atomic E-state index is 12.3. The van der Waals surface area contributed by atoms with Crippen molar-refractivity contribution in [3.8, 4) is 0 Å². The molecule has 2 heterocycles. The van der Waals surface area contributed by atoms with Crippen molar-refractivity contribution in [2.24, 2.45) is 0 Å². The van der Waals surface area contributed by atoms with Gasteiger partial charge < -0.3 is 9.88 Å². The molecule has 5 nitrogen and oxygen atoms in total. The summed E-state index contributed by atoms with van der Waals surface area (Å²) in [5.41, 5.74) is 0.132. The van der Waals surface area contributed by atoms with Gasteiger partial charge in [0, 0.05) is 50.2 Å². The molecule has 0 spiro atoms. The van der Waals surface area contributed by atoms with Crippen molar-refractivity contribution >= 4 is 5.91 Å². The molecule has 0 atom stereocenters. The van der Waals surface area contributed by atoms with Crippen LogP contribution < -0.4 is 5.43 Å². The van der Waals surface area contributed by atoms with Crippen LogP contribution in [0.1, 0.15) is 31.1 Å². The Morgan fingerprint density at radius 1 is 1.21 bits per heavy atom. The summed E-state index contributed by atoms with van der Waals surface area (Å²) in [5, 5.41) is 0. The van der Waals surface area contributed by atoms with E-state index >= 15 is 0 Å². The second-order valence-corrected chi connectivity index (χ2v) is 5.87. The Kier molecular flexibility index (Phi) is 3.75. The van der Waals surface area contributed by atoms with Crippen LogP contribution in [-0.2, 0) is 0 Å². The highest BCUT2D eigenvalue weighted by molar-refractivity contribution is 5.93. The van der Waals surface area contributed by atoms with E-state index in [-0.39, 0.29) is 22.4 Å². The predicted molar refractivity (Wildman–Crippen MR) is 74.3 cm³/mol. The fraction of sp³-hybridized carbons (Fsp3) is 0.571. The molecule has 0 aliphatic carbocycles. The third-order valence-corrected chi connectivity index (χ3v) is 3.57. The normalized spacial score (nSPS) is 17.5. The minimum Gasteiger partial charge on any atom is -0.367 e. The van der Waals surface area contributed by atoms with Crippen molar-refractivity contribution in [3.05, 3.63) is 34.2 Å². The number of carbonyl (C=O) groups is 1. The van der Waals surface area contributed by atoms with Gasteiger partial charge in [-0.3, -0.25) is 14.5 Å². The smallest absolute Gasteiger partial charge is 0.259 e. The molecule has 1 fully saturated rings. The molecule has 1 aliphatic heterocycles. The van der Waals surface area contributed by atoms with Gasteiger partial charge in [-0.15, -0.1) is 0 Å². The van der Waals surface area contributed by atoms with Crippen molar-refractivity contribution in [1.82, 2.24) is 14.8 Å². The Labute approximate surface area is 113 Å². The number of piperazine rings is 1. The topological polar surface area (TPSA) is 56.4 Å². The average molecular weight is 263 g/mol. The van der Waals surface area contributed by atoms with E-state index in [9.17, 15) is 9.59 Å². The summed E-state index contributed by atoms with van der Waals surface area (Å²) >= 11 is 0. The first-order valence-corrected chi connectivity index (χ1v) is 6.61.